The summed E-state index contributed by atoms with van der Waals surface area (Å²) in [4.78, 5) is 19.4. The van der Waals surface area contributed by atoms with Crippen molar-refractivity contribution in [1.82, 2.24) is 4.98 Å². The molecular formula is C27H33NO2S. The molecule has 6 rings (SSSR count). The number of carbonyl (C=O) groups excluding carboxylic acids is 1. The molecule has 3 nitrogen and oxygen atoms in total. The number of benzene rings is 1. The summed E-state index contributed by atoms with van der Waals surface area (Å²) in [7, 11) is 1.73. The molecule has 0 N–H and O–H groups in total. The van der Waals surface area contributed by atoms with Crippen molar-refractivity contribution in [3.63, 3.8) is 0 Å². The van der Waals surface area contributed by atoms with Gasteiger partial charge in [-0.1, -0.05) is 26.0 Å². The zero-order valence-corrected chi connectivity index (χ0v) is 19.8. The lowest BCUT2D eigenvalue weighted by Gasteiger charge is -2.59. The number of nitrogens with zero attached hydrogens (tertiary/aromatic N) is 1. The van der Waals surface area contributed by atoms with Gasteiger partial charge in [-0.3, -0.25) is 4.79 Å². The highest BCUT2D eigenvalue weighted by Crippen LogP contribution is 2.67. The number of fused-ring (bicyclic) bond motifs is 7. The van der Waals surface area contributed by atoms with E-state index in [9.17, 15) is 4.79 Å². The summed E-state index contributed by atoms with van der Waals surface area (Å²) in [6.07, 6.45) is 9.25. The van der Waals surface area contributed by atoms with E-state index < -0.39 is 0 Å². The van der Waals surface area contributed by atoms with Crippen LogP contribution in [0.1, 0.15) is 75.3 Å². The average molecular weight is 436 g/mol. The molecule has 4 aliphatic carbocycles. The summed E-state index contributed by atoms with van der Waals surface area (Å²) in [6.45, 7) is 4.88. The number of ether oxygens (including phenoxy) is 1. The van der Waals surface area contributed by atoms with E-state index >= 15 is 0 Å². The van der Waals surface area contributed by atoms with E-state index in [1.54, 1.807) is 12.0 Å². The molecule has 0 unspecified atom stereocenters. The predicted octanol–water partition coefficient (Wildman–Crippen LogP) is 6.66. The first-order valence-corrected chi connectivity index (χ1v) is 12.9. The lowest BCUT2D eigenvalue weighted by atomic mass is 9.46. The maximum absolute atomic E-state index is 12.7. The second-order valence-corrected chi connectivity index (χ2v) is 12.0. The minimum absolute atomic E-state index is 0.0196. The fraction of sp³-hybridized carbons (Fsp3) is 0.630. The van der Waals surface area contributed by atoms with Crippen molar-refractivity contribution in [3.8, 4) is 16.3 Å². The van der Waals surface area contributed by atoms with Gasteiger partial charge in [0.15, 0.2) is 0 Å². The third kappa shape index (κ3) is 2.76. The van der Waals surface area contributed by atoms with E-state index in [-0.39, 0.29) is 5.41 Å². The topological polar surface area (TPSA) is 39.2 Å². The summed E-state index contributed by atoms with van der Waals surface area (Å²) in [5, 5.41) is 1.15. The monoisotopic (exact) mass is 435 g/mol. The summed E-state index contributed by atoms with van der Waals surface area (Å²) in [5.41, 5.74) is 2.86. The van der Waals surface area contributed by atoms with Gasteiger partial charge in [0.05, 0.1) is 12.8 Å². The Kier molecular flexibility index (Phi) is 4.45. The summed E-state index contributed by atoms with van der Waals surface area (Å²) >= 11 is 1.93. The normalized spacial score (nSPS) is 38.7. The maximum atomic E-state index is 12.7. The van der Waals surface area contributed by atoms with Gasteiger partial charge < -0.3 is 4.74 Å². The predicted molar refractivity (Wildman–Crippen MR) is 125 cm³/mol. The van der Waals surface area contributed by atoms with Gasteiger partial charge in [0, 0.05) is 28.2 Å². The van der Waals surface area contributed by atoms with E-state index in [0.29, 0.717) is 23.0 Å². The van der Waals surface area contributed by atoms with Gasteiger partial charge >= 0.3 is 0 Å². The number of rotatable bonds is 2. The van der Waals surface area contributed by atoms with Crippen LogP contribution < -0.4 is 4.74 Å². The molecule has 4 aliphatic rings. The number of ketones is 1. The Bertz CT molecular complexity index is 1040. The Balaban J connectivity index is 1.34. The number of thiazole rings is 1. The van der Waals surface area contributed by atoms with E-state index in [1.165, 1.54) is 36.9 Å². The molecule has 6 atom stereocenters. The Morgan fingerprint density at radius 3 is 2.77 bits per heavy atom. The number of hydrogen-bond acceptors (Lipinski definition) is 4. The molecule has 0 spiro atoms. The van der Waals surface area contributed by atoms with Crippen LogP contribution in [0, 0.1) is 28.6 Å². The minimum Gasteiger partial charge on any atom is -0.497 e. The molecule has 31 heavy (non-hydrogen) atoms. The molecule has 1 aromatic carbocycles. The number of Topliss-reactive ketones (excluding diaryl/α,β-unsaturated/α-hetero) is 1. The molecule has 164 valence electrons. The lowest BCUT2D eigenvalue weighted by molar-refractivity contribution is -0.134. The van der Waals surface area contributed by atoms with E-state index in [0.717, 1.165) is 48.3 Å². The van der Waals surface area contributed by atoms with Crippen molar-refractivity contribution in [1.29, 1.82) is 0 Å². The van der Waals surface area contributed by atoms with Crippen molar-refractivity contribution in [3.05, 3.63) is 34.8 Å². The highest BCUT2D eigenvalue weighted by Gasteiger charge is 2.60. The van der Waals surface area contributed by atoms with E-state index in [4.69, 9.17) is 9.72 Å². The van der Waals surface area contributed by atoms with Crippen LogP contribution in [0.5, 0.6) is 5.75 Å². The first kappa shape index (κ1) is 20.0. The zero-order chi connectivity index (χ0) is 21.4. The van der Waals surface area contributed by atoms with Crippen LogP contribution in [0.2, 0.25) is 0 Å². The fourth-order valence-electron chi connectivity index (χ4n) is 8.10. The molecule has 3 saturated carbocycles. The van der Waals surface area contributed by atoms with Gasteiger partial charge in [-0.2, -0.15) is 0 Å². The number of methoxy groups -OCH3 is 1. The van der Waals surface area contributed by atoms with Crippen LogP contribution in [0.25, 0.3) is 10.6 Å². The molecule has 0 bridgehead atoms. The van der Waals surface area contributed by atoms with Crippen LogP contribution in [0.15, 0.2) is 24.3 Å². The summed E-state index contributed by atoms with van der Waals surface area (Å²) in [5.74, 6) is 4.24. The highest BCUT2D eigenvalue weighted by molar-refractivity contribution is 7.15. The Labute approximate surface area is 189 Å². The molecule has 1 heterocycles. The van der Waals surface area contributed by atoms with Gasteiger partial charge in [0.25, 0.3) is 0 Å². The molecular weight excluding hydrogens is 402 g/mol. The standard InChI is InChI=1S/C27H33NO2S/c1-26-14-12-22-24(31-25(28-22)16-5-4-6-17(15-16)30-3)21(26)8-7-18-19-9-10-23(29)27(19,2)13-11-20(18)26/h4-6,15,18-21H,7-14H2,1-3H3/t18-,19-,20-,21-,26+,27-/m0/s1. The van der Waals surface area contributed by atoms with Crippen molar-refractivity contribution in [2.24, 2.45) is 28.6 Å². The van der Waals surface area contributed by atoms with Crippen molar-refractivity contribution in [2.45, 2.75) is 71.1 Å². The zero-order valence-electron chi connectivity index (χ0n) is 18.9. The molecule has 0 saturated heterocycles. The molecule has 4 heteroatoms. The smallest absolute Gasteiger partial charge is 0.139 e. The summed E-state index contributed by atoms with van der Waals surface area (Å²) < 4.78 is 5.44. The largest absolute Gasteiger partial charge is 0.497 e. The maximum Gasteiger partial charge on any atom is 0.139 e. The van der Waals surface area contributed by atoms with Gasteiger partial charge in [0.2, 0.25) is 0 Å². The molecule has 0 radical (unpaired) electrons. The first-order valence-electron chi connectivity index (χ1n) is 12.1. The third-order valence-electron chi connectivity index (χ3n) is 9.84. The Hall–Kier alpha value is -1.68. The molecule has 2 aromatic rings. The third-order valence-corrected chi connectivity index (χ3v) is 11.1. The minimum atomic E-state index is -0.0196. The average Bonchev–Trinajstić information content (AvgIpc) is 3.34. The van der Waals surface area contributed by atoms with Crippen LogP contribution in [0.3, 0.4) is 0 Å². The van der Waals surface area contributed by atoms with Crippen molar-refractivity contribution >= 4 is 17.1 Å². The Morgan fingerprint density at radius 2 is 1.94 bits per heavy atom. The van der Waals surface area contributed by atoms with Gasteiger partial charge in [-0.05, 0) is 80.2 Å². The quantitative estimate of drug-likeness (QED) is 0.529. The second-order valence-electron chi connectivity index (χ2n) is 11.0. The van der Waals surface area contributed by atoms with Crippen LogP contribution >= 0.6 is 11.3 Å². The fourth-order valence-corrected chi connectivity index (χ4v) is 9.50. The van der Waals surface area contributed by atoms with Crippen LogP contribution in [-0.4, -0.2) is 17.9 Å². The van der Waals surface area contributed by atoms with E-state index in [1.807, 2.05) is 17.4 Å². The molecule has 0 amide bonds. The van der Waals surface area contributed by atoms with Crippen LogP contribution in [-0.2, 0) is 11.2 Å². The number of hydrogen-bond donors (Lipinski definition) is 0. The molecule has 3 fully saturated rings. The number of aryl methyl sites for hydroxylation is 1. The number of carbonyl (C=O) groups is 1. The van der Waals surface area contributed by atoms with E-state index in [2.05, 4.69) is 32.0 Å². The second kappa shape index (κ2) is 6.91. The SMILES string of the molecule is COc1cccc(-c2nc3c(s2)[C@@H]2CC[C@@H]4[C@H](CC[C@]5(C)C(=O)CC[C@@H]45)[C@@]2(C)CC3)c1. The summed E-state index contributed by atoms with van der Waals surface area (Å²) in [6, 6.07) is 8.33. The molecule has 0 aliphatic heterocycles. The van der Waals surface area contributed by atoms with Crippen LogP contribution in [0.4, 0.5) is 0 Å². The van der Waals surface area contributed by atoms with Crippen molar-refractivity contribution < 1.29 is 9.53 Å². The highest BCUT2D eigenvalue weighted by atomic mass is 32.1. The Morgan fingerprint density at radius 1 is 1.06 bits per heavy atom. The number of aromatic nitrogens is 1. The molecule has 1 aromatic heterocycles. The van der Waals surface area contributed by atoms with Crippen molar-refractivity contribution in [2.75, 3.05) is 7.11 Å². The van der Waals surface area contributed by atoms with Gasteiger partial charge in [-0.25, -0.2) is 4.98 Å². The van der Waals surface area contributed by atoms with Gasteiger partial charge in [0.1, 0.15) is 16.5 Å². The first-order chi connectivity index (χ1) is 14.9. The van der Waals surface area contributed by atoms with Gasteiger partial charge in [-0.15, -0.1) is 11.3 Å². The lowest BCUT2D eigenvalue weighted by Crippen LogP contribution is -2.52.